The zero-order valence-electron chi connectivity index (χ0n) is 10.6. The van der Waals surface area contributed by atoms with Crippen molar-refractivity contribution in [1.29, 1.82) is 0 Å². The van der Waals surface area contributed by atoms with Crippen molar-refractivity contribution >= 4 is 12.0 Å². The van der Waals surface area contributed by atoms with Crippen LogP contribution in [0, 0.1) is 0 Å². The Morgan fingerprint density at radius 3 is 2.72 bits per heavy atom. The fourth-order valence-electron chi connectivity index (χ4n) is 1.96. The largest absolute Gasteiger partial charge is 0.479 e. The molecular formula is C11H21N3O4. The van der Waals surface area contributed by atoms with Gasteiger partial charge in [0, 0.05) is 25.6 Å². The van der Waals surface area contributed by atoms with Crippen molar-refractivity contribution < 1.29 is 19.8 Å². The highest BCUT2D eigenvalue weighted by molar-refractivity contribution is 5.74. The van der Waals surface area contributed by atoms with Gasteiger partial charge in [-0.3, -0.25) is 0 Å². The number of carbonyl (C=O) groups is 2. The number of hydrogen-bond donors (Lipinski definition) is 4. The molecule has 18 heavy (non-hydrogen) atoms. The lowest BCUT2D eigenvalue weighted by Crippen LogP contribution is -2.43. The van der Waals surface area contributed by atoms with Crippen LogP contribution in [0.3, 0.4) is 0 Å². The van der Waals surface area contributed by atoms with Crippen molar-refractivity contribution in [3.8, 4) is 0 Å². The molecule has 0 aliphatic carbocycles. The maximum Gasteiger partial charge on any atom is 0.332 e. The van der Waals surface area contributed by atoms with Crippen molar-refractivity contribution in [1.82, 2.24) is 15.5 Å². The lowest BCUT2D eigenvalue weighted by atomic mass is 10.2. The van der Waals surface area contributed by atoms with E-state index in [-0.39, 0.29) is 19.0 Å². The van der Waals surface area contributed by atoms with Gasteiger partial charge < -0.3 is 25.7 Å². The van der Waals surface area contributed by atoms with Gasteiger partial charge in [0.05, 0.1) is 0 Å². The molecule has 7 heteroatoms. The summed E-state index contributed by atoms with van der Waals surface area (Å²) in [6, 6.07) is 0.0493. The predicted octanol–water partition coefficient (Wildman–Crippen LogP) is -0.785. The first-order valence-corrected chi connectivity index (χ1v) is 6.13. The topological polar surface area (TPSA) is 102 Å². The minimum absolute atomic E-state index is 0.00604. The van der Waals surface area contributed by atoms with E-state index >= 15 is 0 Å². The molecule has 1 unspecified atom stereocenters. The van der Waals surface area contributed by atoms with E-state index < -0.39 is 12.1 Å². The summed E-state index contributed by atoms with van der Waals surface area (Å²) in [6.07, 6.45) is 0.807. The summed E-state index contributed by atoms with van der Waals surface area (Å²) in [7, 11) is 2.03. The number of nitrogens with one attached hydrogen (secondary N) is 2. The van der Waals surface area contributed by atoms with Gasteiger partial charge in [-0.1, -0.05) is 0 Å². The van der Waals surface area contributed by atoms with Crippen LogP contribution < -0.4 is 10.6 Å². The molecule has 0 aromatic carbocycles. The van der Waals surface area contributed by atoms with Crippen molar-refractivity contribution in [3.05, 3.63) is 0 Å². The van der Waals surface area contributed by atoms with Crippen molar-refractivity contribution in [3.63, 3.8) is 0 Å². The minimum atomic E-state index is -1.42. The fraction of sp³-hybridized carbons (Fsp3) is 0.818. The third-order valence-corrected chi connectivity index (χ3v) is 3.16. The molecule has 7 nitrogen and oxygen atoms in total. The number of carbonyl (C=O) groups excluding carboxylic acids is 1. The highest BCUT2D eigenvalue weighted by atomic mass is 16.4. The summed E-state index contributed by atoms with van der Waals surface area (Å²) < 4.78 is 0. The predicted molar refractivity (Wildman–Crippen MR) is 65.3 cm³/mol. The second-order valence-electron chi connectivity index (χ2n) is 4.56. The van der Waals surface area contributed by atoms with E-state index in [1.54, 1.807) is 0 Å². The van der Waals surface area contributed by atoms with Gasteiger partial charge in [0.25, 0.3) is 0 Å². The monoisotopic (exact) mass is 259 g/mol. The quantitative estimate of drug-likeness (QED) is 0.501. The first-order chi connectivity index (χ1) is 8.50. The summed E-state index contributed by atoms with van der Waals surface area (Å²) in [5.41, 5.74) is 0. The van der Waals surface area contributed by atoms with Crippen LogP contribution >= 0.6 is 0 Å². The van der Waals surface area contributed by atoms with E-state index in [0.29, 0.717) is 12.6 Å². The normalized spacial score (nSPS) is 21.6. The van der Waals surface area contributed by atoms with Gasteiger partial charge in [0.15, 0.2) is 6.10 Å². The van der Waals surface area contributed by atoms with Gasteiger partial charge in [0.2, 0.25) is 0 Å². The Morgan fingerprint density at radius 2 is 2.17 bits per heavy atom. The molecule has 1 rings (SSSR count). The Balaban J connectivity index is 2.08. The number of amides is 2. The van der Waals surface area contributed by atoms with Crippen molar-refractivity contribution in [2.75, 3.05) is 26.7 Å². The smallest absolute Gasteiger partial charge is 0.332 e. The van der Waals surface area contributed by atoms with E-state index in [0.717, 1.165) is 19.4 Å². The van der Waals surface area contributed by atoms with Gasteiger partial charge in [-0.15, -0.1) is 0 Å². The Bertz CT molecular complexity index is 298. The number of aliphatic hydroxyl groups excluding tert-OH is 1. The zero-order chi connectivity index (χ0) is 13.5. The molecule has 0 spiro atoms. The molecule has 0 radical (unpaired) electrons. The van der Waals surface area contributed by atoms with Crippen LogP contribution in [0.4, 0.5) is 4.79 Å². The van der Waals surface area contributed by atoms with E-state index in [1.807, 2.05) is 7.05 Å². The highest BCUT2D eigenvalue weighted by Gasteiger charge is 2.21. The van der Waals surface area contributed by atoms with Crippen LogP contribution in [0.2, 0.25) is 0 Å². The number of carboxylic acid groups (broad SMARTS) is 1. The van der Waals surface area contributed by atoms with Gasteiger partial charge in [0.1, 0.15) is 0 Å². The Kier molecular flexibility index (Phi) is 5.87. The standard InChI is InChI=1S/C11H21N3O4/c1-14-6-2-3-8(14)7-13-11(18)12-5-4-9(15)10(16)17/h8-9,15H,2-7H2,1H3,(H,16,17)(H2,12,13,18)/t8?,9-/m0/s1. The average Bonchev–Trinajstić information content (AvgIpc) is 2.72. The van der Waals surface area contributed by atoms with Crippen LogP contribution in [-0.4, -0.2) is 65.9 Å². The molecule has 2 amide bonds. The van der Waals surface area contributed by atoms with Crippen LogP contribution in [0.1, 0.15) is 19.3 Å². The second-order valence-corrected chi connectivity index (χ2v) is 4.56. The summed E-state index contributed by atoms with van der Waals surface area (Å²) in [4.78, 5) is 23.9. The van der Waals surface area contributed by atoms with Crippen molar-refractivity contribution in [2.45, 2.75) is 31.4 Å². The fourth-order valence-corrected chi connectivity index (χ4v) is 1.96. The second kappa shape index (κ2) is 7.17. The first-order valence-electron chi connectivity index (χ1n) is 6.13. The molecule has 104 valence electrons. The van der Waals surface area contributed by atoms with Gasteiger partial charge >= 0.3 is 12.0 Å². The van der Waals surface area contributed by atoms with E-state index in [9.17, 15) is 9.59 Å². The molecule has 1 fully saturated rings. The minimum Gasteiger partial charge on any atom is -0.479 e. The van der Waals surface area contributed by atoms with Crippen molar-refractivity contribution in [2.24, 2.45) is 0 Å². The third kappa shape index (κ3) is 4.89. The maximum absolute atomic E-state index is 11.4. The molecule has 0 saturated carbocycles. The Hall–Kier alpha value is -1.34. The van der Waals surface area contributed by atoms with Crippen LogP contribution in [0.5, 0.6) is 0 Å². The number of likely N-dealkylation sites (N-methyl/N-ethyl adjacent to an activating group) is 1. The zero-order valence-corrected chi connectivity index (χ0v) is 10.6. The molecule has 4 N–H and O–H groups in total. The molecule has 0 aromatic heterocycles. The van der Waals surface area contributed by atoms with E-state index in [1.165, 1.54) is 0 Å². The number of likely N-dealkylation sites (tertiary alicyclic amines) is 1. The summed E-state index contributed by atoms with van der Waals surface area (Å²) in [5.74, 6) is -1.27. The molecule has 1 saturated heterocycles. The number of aliphatic carboxylic acids is 1. The summed E-state index contributed by atoms with van der Waals surface area (Å²) in [5, 5.41) is 22.7. The summed E-state index contributed by atoms with van der Waals surface area (Å²) >= 11 is 0. The molecule has 1 aliphatic heterocycles. The molecule has 1 aliphatic rings. The number of carboxylic acids is 1. The Morgan fingerprint density at radius 1 is 1.44 bits per heavy atom. The average molecular weight is 259 g/mol. The number of urea groups is 1. The number of rotatable bonds is 6. The SMILES string of the molecule is CN1CCCC1CNC(=O)NCC[C@H](O)C(=O)O. The third-order valence-electron chi connectivity index (χ3n) is 3.16. The van der Waals surface area contributed by atoms with Gasteiger partial charge in [-0.2, -0.15) is 0 Å². The molecule has 2 atom stereocenters. The molecule has 0 aromatic rings. The number of hydrogen-bond acceptors (Lipinski definition) is 4. The maximum atomic E-state index is 11.4. The number of aliphatic hydroxyl groups is 1. The van der Waals surface area contributed by atoms with E-state index in [2.05, 4.69) is 15.5 Å². The lowest BCUT2D eigenvalue weighted by Gasteiger charge is -2.19. The molecular weight excluding hydrogens is 238 g/mol. The van der Waals surface area contributed by atoms with E-state index in [4.69, 9.17) is 10.2 Å². The van der Waals surface area contributed by atoms with Gasteiger partial charge in [-0.05, 0) is 26.4 Å². The summed E-state index contributed by atoms with van der Waals surface area (Å²) in [6.45, 7) is 1.78. The van der Waals surface area contributed by atoms with Crippen LogP contribution in [0.15, 0.2) is 0 Å². The van der Waals surface area contributed by atoms with Crippen LogP contribution in [-0.2, 0) is 4.79 Å². The number of nitrogens with zero attached hydrogens (tertiary/aromatic N) is 1. The highest BCUT2D eigenvalue weighted by Crippen LogP contribution is 2.13. The Labute approximate surface area is 106 Å². The van der Waals surface area contributed by atoms with Gasteiger partial charge in [-0.25, -0.2) is 9.59 Å². The molecule has 1 heterocycles. The molecule has 0 bridgehead atoms. The van der Waals surface area contributed by atoms with Crippen LogP contribution in [0.25, 0.3) is 0 Å². The first kappa shape index (κ1) is 14.7. The lowest BCUT2D eigenvalue weighted by molar-refractivity contribution is -0.146.